The molecule has 1 aliphatic heterocycles. The molecule has 4 rings (SSSR count). The molecule has 0 aromatic heterocycles. The van der Waals surface area contributed by atoms with Gasteiger partial charge in [0.05, 0.1) is 25.5 Å². The number of carbonyl (C=O) groups excluding carboxylic acids is 1. The second-order valence-electron chi connectivity index (χ2n) is 6.92. The molecule has 0 spiro atoms. The molecule has 5 nitrogen and oxygen atoms in total. The maximum Gasteiger partial charge on any atom is 0.282 e. The zero-order valence-corrected chi connectivity index (χ0v) is 17.1. The van der Waals surface area contributed by atoms with E-state index in [0.717, 1.165) is 28.1 Å². The lowest BCUT2D eigenvalue weighted by Gasteiger charge is -2.20. The number of amides is 1. The maximum atomic E-state index is 13.4. The molecule has 3 aromatic carbocycles. The molecule has 0 N–H and O–H groups in total. The van der Waals surface area contributed by atoms with Crippen molar-refractivity contribution in [1.82, 2.24) is 0 Å². The second-order valence-corrected chi connectivity index (χ2v) is 6.92. The van der Waals surface area contributed by atoms with Crippen LogP contribution in [0.5, 0.6) is 11.5 Å². The second kappa shape index (κ2) is 8.25. The normalized spacial score (nSPS) is 14.8. The summed E-state index contributed by atoms with van der Waals surface area (Å²) in [5, 5.41) is 0. The van der Waals surface area contributed by atoms with Gasteiger partial charge < -0.3 is 9.47 Å². The van der Waals surface area contributed by atoms with Crippen molar-refractivity contribution in [3.8, 4) is 11.5 Å². The molecule has 0 fully saturated rings. The minimum atomic E-state index is -0.190. The summed E-state index contributed by atoms with van der Waals surface area (Å²) in [6.45, 7) is 2.00. The molecule has 3 aromatic rings. The Bertz CT molecular complexity index is 1160. The molecule has 5 heteroatoms. The van der Waals surface area contributed by atoms with Gasteiger partial charge in [-0.1, -0.05) is 36.4 Å². The Labute approximate surface area is 175 Å². The number of nitrogens with zero attached hydrogens (tertiary/aromatic N) is 2. The topological polar surface area (TPSA) is 51.1 Å². The highest BCUT2D eigenvalue weighted by atomic mass is 16.5. The van der Waals surface area contributed by atoms with Gasteiger partial charge in [0.25, 0.3) is 5.91 Å². The summed E-state index contributed by atoms with van der Waals surface area (Å²) in [6.07, 6.45) is 1.77. The van der Waals surface area contributed by atoms with Crippen LogP contribution >= 0.6 is 0 Å². The Morgan fingerprint density at radius 1 is 0.900 bits per heavy atom. The van der Waals surface area contributed by atoms with Crippen molar-refractivity contribution in [1.29, 1.82) is 0 Å². The number of benzene rings is 3. The van der Waals surface area contributed by atoms with Gasteiger partial charge in [0, 0.05) is 0 Å². The van der Waals surface area contributed by atoms with E-state index >= 15 is 0 Å². The van der Waals surface area contributed by atoms with E-state index in [4.69, 9.17) is 14.5 Å². The number of anilines is 1. The lowest BCUT2D eigenvalue weighted by molar-refractivity contribution is -0.113. The van der Waals surface area contributed by atoms with Crippen LogP contribution in [-0.4, -0.2) is 26.0 Å². The fourth-order valence-electron chi connectivity index (χ4n) is 3.42. The molecule has 0 aliphatic carbocycles. The van der Waals surface area contributed by atoms with E-state index < -0.39 is 0 Å². The molecule has 1 aliphatic rings. The lowest BCUT2D eigenvalue weighted by atomic mass is 10.1. The Hall–Kier alpha value is -3.86. The molecule has 30 heavy (non-hydrogen) atoms. The van der Waals surface area contributed by atoms with E-state index in [1.807, 2.05) is 79.7 Å². The average molecular weight is 398 g/mol. The van der Waals surface area contributed by atoms with Gasteiger partial charge in [-0.25, -0.2) is 4.99 Å². The van der Waals surface area contributed by atoms with Crippen LogP contribution in [-0.2, 0) is 4.79 Å². The van der Waals surface area contributed by atoms with Gasteiger partial charge >= 0.3 is 0 Å². The molecule has 0 atom stereocenters. The molecular formula is C25H22N2O3. The van der Waals surface area contributed by atoms with E-state index in [9.17, 15) is 4.79 Å². The summed E-state index contributed by atoms with van der Waals surface area (Å²) in [6, 6.07) is 22.9. The fraction of sp³-hybridized carbons (Fsp3) is 0.120. The van der Waals surface area contributed by atoms with Crippen LogP contribution < -0.4 is 14.4 Å². The van der Waals surface area contributed by atoms with E-state index in [2.05, 4.69) is 0 Å². The first kappa shape index (κ1) is 19.5. The zero-order valence-electron chi connectivity index (χ0n) is 17.1. The Kier molecular flexibility index (Phi) is 5.35. The van der Waals surface area contributed by atoms with Gasteiger partial charge in [-0.3, -0.25) is 9.69 Å². The Morgan fingerprint density at radius 3 is 2.47 bits per heavy atom. The molecule has 0 saturated carbocycles. The highest BCUT2D eigenvalue weighted by Gasteiger charge is 2.33. The predicted molar refractivity (Wildman–Crippen MR) is 119 cm³/mol. The monoisotopic (exact) mass is 398 g/mol. The van der Waals surface area contributed by atoms with Gasteiger partial charge in [-0.05, 0) is 60.5 Å². The van der Waals surface area contributed by atoms with Gasteiger partial charge in [0.1, 0.15) is 17.2 Å². The fourth-order valence-corrected chi connectivity index (χ4v) is 3.42. The third-order valence-corrected chi connectivity index (χ3v) is 4.87. The number of aryl methyl sites for hydroxylation is 1. The average Bonchev–Trinajstić information content (AvgIpc) is 3.09. The van der Waals surface area contributed by atoms with Crippen molar-refractivity contribution in [3.63, 3.8) is 0 Å². The summed E-state index contributed by atoms with van der Waals surface area (Å²) in [5.74, 6) is 1.73. The summed E-state index contributed by atoms with van der Waals surface area (Å²) in [5.41, 5.74) is 3.77. The molecule has 150 valence electrons. The number of aliphatic imine (C=N–C) groups is 1. The van der Waals surface area contributed by atoms with Crippen molar-refractivity contribution in [2.45, 2.75) is 6.92 Å². The first-order valence-corrected chi connectivity index (χ1v) is 9.59. The minimum Gasteiger partial charge on any atom is -0.497 e. The third kappa shape index (κ3) is 3.70. The molecule has 0 bridgehead atoms. The van der Waals surface area contributed by atoms with Gasteiger partial charge in [0.15, 0.2) is 5.84 Å². The van der Waals surface area contributed by atoms with Crippen LogP contribution in [0.4, 0.5) is 5.69 Å². The number of amidine groups is 1. The number of hydrogen-bond donors (Lipinski definition) is 0. The molecule has 0 saturated heterocycles. The number of carbonyl (C=O) groups is 1. The van der Waals surface area contributed by atoms with Crippen LogP contribution in [0.25, 0.3) is 6.08 Å². The SMILES string of the molecule is COc1cccc(/C=C2/N=C(c3ccccc3OC)N(c3cccc(C)c3)C2=O)c1. The zero-order chi connectivity index (χ0) is 21.1. The maximum absolute atomic E-state index is 13.4. The van der Waals surface area contributed by atoms with E-state index in [1.54, 1.807) is 25.2 Å². The Balaban J connectivity index is 1.86. The molecular weight excluding hydrogens is 376 g/mol. The van der Waals surface area contributed by atoms with Gasteiger partial charge in [0.2, 0.25) is 0 Å². The standard InChI is InChI=1S/C25H22N2O3/c1-17-8-6-10-19(14-17)27-24(21-12-4-5-13-23(21)30-3)26-22(25(27)28)16-18-9-7-11-20(15-18)29-2/h4-16H,1-3H3/b22-16+. The van der Waals surface area contributed by atoms with Crippen LogP contribution in [0.15, 0.2) is 83.5 Å². The predicted octanol–water partition coefficient (Wildman–Crippen LogP) is 4.85. The highest BCUT2D eigenvalue weighted by molar-refractivity contribution is 6.33. The van der Waals surface area contributed by atoms with Gasteiger partial charge in [-0.2, -0.15) is 0 Å². The lowest BCUT2D eigenvalue weighted by Crippen LogP contribution is -2.32. The van der Waals surface area contributed by atoms with Crippen molar-refractivity contribution in [2.75, 3.05) is 19.1 Å². The summed E-state index contributed by atoms with van der Waals surface area (Å²) in [4.78, 5) is 19.8. The van der Waals surface area contributed by atoms with Gasteiger partial charge in [-0.15, -0.1) is 0 Å². The number of ether oxygens (including phenoxy) is 2. The van der Waals surface area contributed by atoms with Crippen LogP contribution in [0.2, 0.25) is 0 Å². The van der Waals surface area contributed by atoms with Crippen LogP contribution in [0.1, 0.15) is 16.7 Å². The van der Waals surface area contributed by atoms with Crippen LogP contribution in [0, 0.1) is 6.92 Å². The Morgan fingerprint density at radius 2 is 1.70 bits per heavy atom. The minimum absolute atomic E-state index is 0.190. The molecule has 1 heterocycles. The molecule has 0 unspecified atom stereocenters. The van der Waals surface area contributed by atoms with E-state index in [1.165, 1.54) is 0 Å². The summed E-state index contributed by atoms with van der Waals surface area (Å²) >= 11 is 0. The van der Waals surface area contributed by atoms with Crippen molar-refractivity contribution in [2.24, 2.45) is 4.99 Å². The number of hydrogen-bond acceptors (Lipinski definition) is 4. The summed E-state index contributed by atoms with van der Waals surface area (Å²) in [7, 11) is 3.23. The van der Waals surface area contributed by atoms with Crippen molar-refractivity contribution < 1.29 is 14.3 Å². The van der Waals surface area contributed by atoms with Crippen LogP contribution in [0.3, 0.4) is 0 Å². The summed E-state index contributed by atoms with van der Waals surface area (Å²) < 4.78 is 10.8. The largest absolute Gasteiger partial charge is 0.497 e. The molecule has 0 radical (unpaired) electrons. The first-order valence-electron chi connectivity index (χ1n) is 9.59. The van der Waals surface area contributed by atoms with Crippen molar-refractivity contribution in [3.05, 3.63) is 95.2 Å². The third-order valence-electron chi connectivity index (χ3n) is 4.87. The smallest absolute Gasteiger partial charge is 0.282 e. The number of methoxy groups -OCH3 is 2. The molecule has 1 amide bonds. The number of para-hydroxylation sites is 1. The quantitative estimate of drug-likeness (QED) is 0.578. The highest BCUT2D eigenvalue weighted by Crippen LogP contribution is 2.31. The first-order chi connectivity index (χ1) is 14.6. The van der Waals surface area contributed by atoms with Crippen molar-refractivity contribution >= 4 is 23.5 Å². The number of rotatable bonds is 5. The van der Waals surface area contributed by atoms with E-state index in [-0.39, 0.29) is 5.91 Å². The van der Waals surface area contributed by atoms with E-state index in [0.29, 0.717) is 17.3 Å².